The second-order valence-corrected chi connectivity index (χ2v) is 8.24. The summed E-state index contributed by atoms with van der Waals surface area (Å²) in [6.07, 6.45) is 1.52. The lowest BCUT2D eigenvalue weighted by Crippen LogP contribution is -2.18. The molecule has 0 aromatic heterocycles. The third-order valence-corrected chi connectivity index (χ3v) is 5.54. The van der Waals surface area contributed by atoms with E-state index < -0.39 is 0 Å². The molecule has 1 amide bonds. The first-order chi connectivity index (χ1) is 14.9. The minimum atomic E-state index is -0.387. The Morgan fingerprint density at radius 2 is 1.77 bits per heavy atom. The molecule has 31 heavy (non-hydrogen) atoms. The van der Waals surface area contributed by atoms with E-state index in [9.17, 15) is 4.79 Å². The number of aryl methyl sites for hydroxylation is 2. The van der Waals surface area contributed by atoms with Crippen LogP contribution in [0.25, 0.3) is 0 Å². The third-order valence-electron chi connectivity index (χ3n) is 4.54. The van der Waals surface area contributed by atoms with Gasteiger partial charge in [-0.15, -0.1) is 0 Å². The van der Waals surface area contributed by atoms with Crippen molar-refractivity contribution in [3.8, 4) is 11.5 Å². The number of ether oxygens (including phenoxy) is 2. The van der Waals surface area contributed by atoms with E-state index >= 15 is 0 Å². The molecule has 0 bridgehead atoms. The normalized spacial score (nSPS) is 10.9. The zero-order valence-corrected chi connectivity index (χ0v) is 19.8. The largest absolute Gasteiger partial charge is 0.493 e. The van der Waals surface area contributed by atoms with Gasteiger partial charge in [0.2, 0.25) is 0 Å². The van der Waals surface area contributed by atoms with E-state index in [1.165, 1.54) is 11.8 Å². The maximum absolute atomic E-state index is 12.3. The van der Waals surface area contributed by atoms with Crippen molar-refractivity contribution in [1.82, 2.24) is 5.43 Å². The highest BCUT2D eigenvalue weighted by Gasteiger charge is 2.11. The Labute approximate surface area is 195 Å². The van der Waals surface area contributed by atoms with Crippen LogP contribution < -0.4 is 14.9 Å². The molecule has 0 spiro atoms. The topological polar surface area (TPSA) is 59.9 Å². The van der Waals surface area contributed by atoms with Crippen LogP contribution in [0.3, 0.4) is 0 Å². The fraction of sp³-hybridized carbons (Fsp3) is 0.167. The van der Waals surface area contributed by atoms with Crippen molar-refractivity contribution < 1.29 is 14.3 Å². The first-order valence-corrected chi connectivity index (χ1v) is 10.7. The van der Waals surface area contributed by atoms with Gasteiger partial charge >= 0.3 is 0 Å². The summed E-state index contributed by atoms with van der Waals surface area (Å²) in [7, 11) is 1.57. The van der Waals surface area contributed by atoms with Crippen LogP contribution in [0.15, 0.2) is 64.2 Å². The minimum absolute atomic E-state index is 0.362. The van der Waals surface area contributed by atoms with Crippen molar-refractivity contribution in [3.63, 3.8) is 0 Å². The van der Waals surface area contributed by atoms with Gasteiger partial charge in [-0.3, -0.25) is 4.79 Å². The molecule has 0 aliphatic heterocycles. The van der Waals surface area contributed by atoms with Crippen LogP contribution in [-0.4, -0.2) is 19.2 Å². The Balaban J connectivity index is 1.70. The number of halogens is 2. The Morgan fingerprint density at radius 3 is 2.45 bits per heavy atom. The first kappa shape index (κ1) is 22.8. The fourth-order valence-electron chi connectivity index (χ4n) is 2.79. The summed E-state index contributed by atoms with van der Waals surface area (Å²) in [6.45, 7) is 4.37. The van der Waals surface area contributed by atoms with Gasteiger partial charge in [0.15, 0.2) is 11.5 Å². The van der Waals surface area contributed by atoms with Crippen molar-refractivity contribution in [2.24, 2.45) is 5.10 Å². The highest BCUT2D eigenvalue weighted by Crippen LogP contribution is 2.33. The standard InChI is InChI=1S/C24H22BrClN2O3/c1-15-4-7-17(8-5-15)14-31-23-12-20(25)18(11-22(23)30-3)13-27-28-24(29)19-9-6-16(2)10-21(19)26/h4-13H,14H2,1-3H3,(H,28,29)/b27-13-. The van der Waals surface area contributed by atoms with Gasteiger partial charge in [0.25, 0.3) is 5.91 Å². The molecule has 1 N–H and O–H groups in total. The molecule has 0 heterocycles. The molecule has 0 aliphatic rings. The molecule has 3 aromatic carbocycles. The summed E-state index contributed by atoms with van der Waals surface area (Å²) in [5.74, 6) is 0.773. The number of hydrogen-bond acceptors (Lipinski definition) is 4. The summed E-state index contributed by atoms with van der Waals surface area (Å²) in [5.41, 5.74) is 6.81. The summed E-state index contributed by atoms with van der Waals surface area (Å²) >= 11 is 9.65. The van der Waals surface area contributed by atoms with Crippen LogP contribution >= 0.6 is 27.5 Å². The van der Waals surface area contributed by atoms with Crippen molar-refractivity contribution >= 4 is 39.7 Å². The molecule has 0 radical (unpaired) electrons. The lowest BCUT2D eigenvalue weighted by Gasteiger charge is -2.13. The zero-order chi connectivity index (χ0) is 22.4. The third kappa shape index (κ3) is 6.09. The molecule has 0 saturated heterocycles. The Kier molecular flexibility index (Phi) is 7.71. The SMILES string of the molecule is COc1cc(/C=N\NC(=O)c2ccc(C)cc2Cl)c(Br)cc1OCc1ccc(C)cc1. The van der Waals surface area contributed by atoms with Crippen LogP contribution in [0.5, 0.6) is 11.5 Å². The molecule has 7 heteroatoms. The molecule has 0 aliphatic carbocycles. The first-order valence-electron chi connectivity index (χ1n) is 9.53. The number of amides is 1. The molecule has 3 rings (SSSR count). The molecule has 0 saturated carbocycles. The van der Waals surface area contributed by atoms with Crippen molar-refractivity contribution in [1.29, 1.82) is 0 Å². The van der Waals surface area contributed by atoms with Gasteiger partial charge in [-0.1, -0.05) is 47.5 Å². The number of methoxy groups -OCH3 is 1. The maximum atomic E-state index is 12.3. The number of benzene rings is 3. The van der Waals surface area contributed by atoms with Crippen LogP contribution in [-0.2, 0) is 6.61 Å². The molecule has 160 valence electrons. The zero-order valence-electron chi connectivity index (χ0n) is 17.4. The lowest BCUT2D eigenvalue weighted by atomic mass is 10.1. The number of carbonyl (C=O) groups is 1. The highest BCUT2D eigenvalue weighted by molar-refractivity contribution is 9.10. The molecule has 0 unspecified atom stereocenters. The molecule has 0 atom stereocenters. The van der Waals surface area contributed by atoms with Gasteiger partial charge in [-0.25, -0.2) is 5.43 Å². The molecule has 0 fully saturated rings. The van der Waals surface area contributed by atoms with Crippen molar-refractivity contribution in [3.05, 3.63) is 91.9 Å². The Bertz CT molecular complexity index is 1110. The van der Waals surface area contributed by atoms with Gasteiger partial charge in [0.1, 0.15) is 6.61 Å². The highest BCUT2D eigenvalue weighted by atomic mass is 79.9. The van der Waals surface area contributed by atoms with E-state index in [0.717, 1.165) is 21.2 Å². The van der Waals surface area contributed by atoms with Crippen LogP contribution in [0.4, 0.5) is 0 Å². The number of carbonyl (C=O) groups excluding carboxylic acids is 1. The van der Waals surface area contributed by atoms with E-state index in [-0.39, 0.29) is 5.91 Å². The van der Waals surface area contributed by atoms with Crippen LogP contribution in [0.2, 0.25) is 5.02 Å². The molecular weight excluding hydrogens is 480 g/mol. The number of rotatable bonds is 7. The molecule has 5 nitrogen and oxygen atoms in total. The Morgan fingerprint density at radius 1 is 1.06 bits per heavy atom. The number of hydrazone groups is 1. The van der Waals surface area contributed by atoms with Gasteiger partial charge < -0.3 is 9.47 Å². The summed E-state index contributed by atoms with van der Waals surface area (Å²) in [6, 6.07) is 17.0. The van der Waals surface area contributed by atoms with Crippen molar-refractivity contribution in [2.45, 2.75) is 20.5 Å². The van der Waals surface area contributed by atoms with Gasteiger partial charge in [-0.05, 0) is 65.2 Å². The number of nitrogens with one attached hydrogen (secondary N) is 1. The maximum Gasteiger partial charge on any atom is 0.272 e. The predicted molar refractivity (Wildman–Crippen MR) is 127 cm³/mol. The van der Waals surface area contributed by atoms with Crippen LogP contribution in [0.1, 0.15) is 32.6 Å². The smallest absolute Gasteiger partial charge is 0.272 e. The van der Waals surface area contributed by atoms with Gasteiger partial charge in [-0.2, -0.15) is 5.10 Å². The van der Waals surface area contributed by atoms with E-state index in [1.54, 1.807) is 25.3 Å². The average molecular weight is 502 g/mol. The van der Waals surface area contributed by atoms with Crippen LogP contribution in [0, 0.1) is 13.8 Å². The van der Waals surface area contributed by atoms with Gasteiger partial charge in [0.05, 0.1) is 23.9 Å². The second kappa shape index (κ2) is 10.5. The second-order valence-electron chi connectivity index (χ2n) is 6.98. The monoisotopic (exact) mass is 500 g/mol. The molecule has 3 aromatic rings. The van der Waals surface area contributed by atoms with Crippen molar-refractivity contribution in [2.75, 3.05) is 7.11 Å². The summed E-state index contributed by atoms with van der Waals surface area (Å²) in [5, 5.41) is 4.42. The van der Waals surface area contributed by atoms with E-state index in [2.05, 4.69) is 26.5 Å². The lowest BCUT2D eigenvalue weighted by molar-refractivity contribution is 0.0955. The fourth-order valence-corrected chi connectivity index (χ4v) is 3.54. The molecular formula is C24H22BrClN2O3. The average Bonchev–Trinajstić information content (AvgIpc) is 2.74. The quantitative estimate of drug-likeness (QED) is 0.316. The van der Waals surface area contributed by atoms with E-state index in [4.69, 9.17) is 21.1 Å². The number of nitrogens with zero attached hydrogens (tertiary/aromatic N) is 1. The number of hydrogen-bond donors (Lipinski definition) is 1. The van der Waals surface area contributed by atoms with E-state index in [0.29, 0.717) is 28.7 Å². The van der Waals surface area contributed by atoms with E-state index in [1.807, 2.05) is 50.2 Å². The van der Waals surface area contributed by atoms with Gasteiger partial charge in [0, 0.05) is 10.0 Å². The summed E-state index contributed by atoms with van der Waals surface area (Å²) < 4.78 is 12.1. The summed E-state index contributed by atoms with van der Waals surface area (Å²) in [4.78, 5) is 12.3. The minimum Gasteiger partial charge on any atom is -0.493 e. The Hall–Kier alpha value is -2.83. The predicted octanol–water partition coefficient (Wildman–Crippen LogP) is 6.07.